The molecule has 0 heterocycles. The fraction of sp³-hybridized carbons (Fsp3) is 0.176. The molecular formula is C17H17ClN2O4. The van der Waals surface area contributed by atoms with Crippen molar-refractivity contribution in [2.75, 3.05) is 7.11 Å². The van der Waals surface area contributed by atoms with Crippen molar-refractivity contribution in [3.8, 4) is 11.5 Å². The SMILES string of the molecule is COc1cc(Cl)ccc1C(=O)NNC(=O)CCc1ccccc1O. The Hall–Kier alpha value is -2.73. The minimum atomic E-state index is -0.514. The summed E-state index contributed by atoms with van der Waals surface area (Å²) in [6.07, 6.45) is 0.480. The number of phenols is 1. The summed E-state index contributed by atoms with van der Waals surface area (Å²) in [6, 6.07) is 11.3. The van der Waals surface area contributed by atoms with E-state index in [1.165, 1.54) is 19.2 Å². The van der Waals surface area contributed by atoms with Crippen LogP contribution in [-0.2, 0) is 11.2 Å². The zero-order chi connectivity index (χ0) is 17.5. The molecule has 0 aromatic heterocycles. The summed E-state index contributed by atoms with van der Waals surface area (Å²) in [6.45, 7) is 0. The highest BCUT2D eigenvalue weighted by Gasteiger charge is 2.13. The molecule has 0 unspecified atom stereocenters. The molecule has 6 nitrogen and oxygen atoms in total. The van der Waals surface area contributed by atoms with E-state index in [2.05, 4.69) is 10.9 Å². The minimum absolute atomic E-state index is 0.121. The molecule has 0 radical (unpaired) electrons. The van der Waals surface area contributed by atoms with Crippen LogP contribution >= 0.6 is 11.6 Å². The first-order valence-electron chi connectivity index (χ1n) is 7.21. The molecule has 0 aliphatic heterocycles. The largest absolute Gasteiger partial charge is 0.508 e. The predicted octanol–water partition coefficient (Wildman–Crippen LogP) is 2.45. The number of carbonyl (C=O) groups excluding carboxylic acids is 2. The van der Waals surface area contributed by atoms with Crippen LogP contribution in [0.25, 0.3) is 0 Å². The lowest BCUT2D eigenvalue weighted by Gasteiger charge is -2.11. The first-order chi connectivity index (χ1) is 11.5. The Bertz CT molecular complexity index is 749. The number of hydrogen-bond acceptors (Lipinski definition) is 4. The van der Waals surface area contributed by atoms with Crippen LogP contribution < -0.4 is 15.6 Å². The van der Waals surface area contributed by atoms with Gasteiger partial charge < -0.3 is 9.84 Å². The van der Waals surface area contributed by atoms with Gasteiger partial charge in [-0.25, -0.2) is 0 Å². The normalized spacial score (nSPS) is 10.1. The first-order valence-corrected chi connectivity index (χ1v) is 7.58. The van der Waals surface area contributed by atoms with E-state index < -0.39 is 5.91 Å². The molecular weight excluding hydrogens is 332 g/mol. The predicted molar refractivity (Wildman–Crippen MR) is 90.0 cm³/mol. The average Bonchev–Trinajstić information content (AvgIpc) is 2.58. The number of benzene rings is 2. The molecule has 2 amide bonds. The van der Waals surface area contributed by atoms with E-state index in [9.17, 15) is 14.7 Å². The number of phenolic OH excluding ortho intramolecular Hbond substituents is 1. The molecule has 2 rings (SSSR count). The number of ether oxygens (including phenoxy) is 1. The number of amides is 2. The summed E-state index contributed by atoms with van der Waals surface area (Å²) in [7, 11) is 1.42. The fourth-order valence-electron chi connectivity index (χ4n) is 2.08. The second-order valence-electron chi connectivity index (χ2n) is 4.98. The lowest BCUT2D eigenvalue weighted by Crippen LogP contribution is -2.41. The fourth-order valence-corrected chi connectivity index (χ4v) is 2.24. The van der Waals surface area contributed by atoms with Crippen LogP contribution in [0.1, 0.15) is 22.3 Å². The Labute approximate surface area is 144 Å². The molecule has 24 heavy (non-hydrogen) atoms. The van der Waals surface area contributed by atoms with E-state index in [1.54, 1.807) is 30.3 Å². The van der Waals surface area contributed by atoms with E-state index in [0.717, 1.165) is 0 Å². The summed E-state index contributed by atoms with van der Waals surface area (Å²) >= 11 is 5.84. The lowest BCUT2D eigenvalue weighted by atomic mass is 10.1. The van der Waals surface area contributed by atoms with Crippen molar-refractivity contribution in [2.24, 2.45) is 0 Å². The van der Waals surface area contributed by atoms with Gasteiger partial charge in [-0.2, -0.15) is 0 Å². The number of rotatable bonds is 5. The van der Waals surface area contributed by atoms with Crippen LogP contribution in [0.5, 0.6) is 11.5 Å². The molecule has 0 aliphatic rings. The monoisotopic (exact) mass is 348 g/mol. The minimum Gasteiger partial charge on any atom is -0.508 e. The molecule has 3 N–H and O–H groups in total. The number of aryl methyl sites for hydroxylation is 1. The van der Waals surface area contributed by atoms with Crippen molar-refractivity contribution in [1.82, 2.24) is 10.9 Å². The number of nitrogens with one attached hydrogen (secondary N) is 2. The summed E-state index contributed by atoms with van der Waals surface area (Å²) in [4.78, 5) is 23.9. The van der Waals surface area contributed by atoms with Crippen LogP contribution in [-0.4, -0.2) is 24.0 Å². The summed E-state index contributed by atoms with van der Waals surface area (Å²) in [5.41, 5.74) is 5.57. The van der Waals surface area contributed by atoms with Gasteiger partial charge in [0.1, 0.15) is 11.5 Å². The quantitative estimate of drug-likeness (QED) is 0.724. The maximum Gasteiger partial charge on any atom is 0.273 e. The van der Waals surface area contributed by atoms with Gasteiger partial charge in [-0.15, -0.1) is 0 Å². The molecule has 2 aromatic rings. The second-order valence-corrected chi connectivity index (χ2v) is 5.41. The van der Waals surface area contributed by atoms with Crippen molar-refractivity contribution >= 4 is 23.4 Å². The standard InChI is InChI=1S/C17H17ClN2O4/c1-24-15-10-12(18)7-8-13(15)17(23)20-19-16(22)9-6-11-4-2-3-5-14(11)21/h2-5,7-8,10,21H,6,9H2,1H3,(H,19,22)(H,20,23). The van der Waals surface area contributed by atoms with Crippen molar-refractivity contribution in [2.45, 2.75) is 12.8 Å². The van der Waals surface area contributed by atoms with Crippen LogP contribution in [0, 0.1) is 0 Å². The number of halogens is 1. The van der Waals surface area contributed by atoms with Gasteiger partial charge in [0.25, 0.3) is 5.91 Å². The topological polar surface area (TPSA) is 87.7 Å². The van der Waals surface area contributed by atoms with Crippen molar-refractivity contribution in [1.29, 1.82) is 0 Å². The molecule has 0 aliphatic carbocycles. The maximum absolute atomic E-state index is 12.1. The average molecular weight is 349 g/mol. The van der Waals surface area contributed by atoms with Crippen LogP contribution in [0.3, 0.4) is 0 Å². The van der Waals surface area contributed by atoms with Gasteiger partial charge in [-0.1, -0.05) is 29.8 Å². The summed E-state index contributed by atoms with van der Waals surface area (Å²) in [5, 5.41) is 10.1. The Morgan fingerprint density at radius 1 is 1.17 bits per heavy atom. The number of hydrazine groups is 1. The number of aromatic hydroxyl groups is 1. The zero-order valence-electron chi connectivity index (χ0n) is 13.0. The van der Waals surface area contributed by atoms with Gasteiger partial charge >= 0.3 is 0 Å². The summed E-state index contributed by atoms with van der Waals surface area (Å²) in [5.74, 6) is -0.442. The molecule has 0 saturated heterocycles. The maximum atomic E-state index is 12.1. The Morgan fingerprint density at radius 2 is 1.92 bits per heavy atom. The third-order valence-corrected chi connectivity index (χ3v) is 3.57. The summed E-state index contributed by atoms with van der Waals surface area (Å²) < 4.78 is 5.09. The van der Waals surface area contributed by atoms with Crippen molar-refractivity contribution in [3.05, 3.63) is 58.6 Å². The molecule has 2 aromatic carbocycles. The second kappa shape index (κ2) is 8.21. The zero-order valence-corrected chi connectivity index (χ0v) is 13.8. The van der Waals surface area contributed by atoms with Crippen LogP contribution in [0.4, 0.5) is 0 Å². The number of para-hydroxylation sites is 1. The smallest absolute Gasteiger partial charge is 0.273 e. The van der Waals surface area contributed by atoms with Crippen molar-refractivity contribution < 1.29 is 19.4 Å². The number of hydrogen-bond donors (Lipinski definition) is 3. The third-order valence-electron chi connectivity index (χ3n) is 3.34. The Morgan fingerprint density at radius 3 is 2.62 bits per heavy atom. The van der Waals surface area contributed by atoms with Gasteiger partial charge in [0.15, 0.2) is 0 Å². The van der Waals surface area contributed by atoms with Crippen LogP contribution in [0.15, 0.2) is 42.5 Å². The van der Waals surface area contributed by atoms with Gasteiger partial charge in [0.2, 0.25) is 5.91 Å². The van der Waals surface area contributed by atoms with E-state index in [4.69, 9.17) is 16.3 Å². The van der Waals surface area contributed by atoms with Gasteiger partial charge in [0, 0.05) is 11.4 Å². The van der Waals surface area contributed by atoms with Crippen LogP contribution in [0.2, 0.25) is 5.02 Å². The molecule has 0 saturated carbocycles. The van der Waals surface area contributed by atoms with E-state index in [-0.39, 0.29) is 23.6 Å². The number of methoxy groups -OCH3 is 1. The molecule has 7 heteroatoms. The highest BCUT2D eigenvalue weighted by Crippen LogP contribution is 2.22. The Kier molecular flexibility index (Phi) is 6.03. The van der Waals surface area contributed by atoms with E-state index in [0.29, 0.717) is 22.8 Å². The van der Waals surface area contributed by atoms with Gasteiger partial charge in [0.05, 0.1) is 12.7 Å². The molecule has 0 bridgehead atoms. The van der Waals surface area contributed by atoms with Crippen molar-refractivity contribution in [3.63, 3.8) is 0 Å². The highest BCUT2D eigenvalue weighted by atomic mass is 35.5. The first kappa shape index (κ1) is 17.6. The van der Waals surface area contributed by atoms with Gasteiger partial charge in [-0.05, 0) is 36.2 Å². The Balaban J connectivity index is 1.87. The third kappa shape index (κ3) is 4.63. The molecule has 0 spiro atoms. The molecule has 126 valence electrons. The van der Waals surface area contributed by atoms with E-state index >= 15 is 0 Å². The van der Waals surface area contributed by atoms with Gasteiger partial charge in [-0.3, -0.25) is 20.4 Å². The lowest BCUT2D eigenvalue weighted by molar-refractivity contribution is -0.121. The number of carbonyl (C=O) groups is 2. The highest BCUT2D eigenvalue weighted by molar-refractivity contribution is 6.30. The molecule has 0 fully saturated rings. The van der Waals surface area contributed by atoms with E-state index in [1.807, 2.05) is 0 Å². The molecule has 0 atom stereocenters.